The Kier molecular flexibility index (Phi) is 7.05. The van der Waals surface area contributed by atoms with Crippen molar-refractivity contribution in [1.29, 1.82) is 0 Å². The lowest BCUT2D eigenvalue weighted by Crippen LogP contribution is -2.39. The van der Waals surface area contributed by atoms with Crippen LogP contribution in [-0.4, -0.2) is 59.5 Å². The van der Waals surface area contributed by atoms with E-state index in [0.717, 1.165) is 38.9 Å². The number of piperidine rings is 1. The van der Waals surface area contributed by atoms with Crippen LogP contribution in [0.3, 0.4) is 0 Å². The van der Waals surface area contributed by atoms with Crippen molar-refractivity contribution >= 4 is 39.5 Å². The number of anilines is 1. The minimum absolute atomic E-state index is 0.0790. The zero-order chi connectivity index (χ0) is 23.5. The number of nitrogens with zero attached hydrogens (tertiary/aromatic N) is 3. The molecule has 2 aliphatic heterocycles. The SMILES string of the molecule is O=C1c2ccccc2OC1c1csc(N(CCCN2CCCC(CO)C2)C(=O)c2cccs2)n1. The number of aliphatic hydroxyl groups excluding tert-OH is 1. The Hall–Kier alpha value is -2.59. The Morgan fingerprint density at radius 2 is 2.12 bits per heavy atom. The molecule has 1 N–H and O–H groups in total. The molecule has 1 amide bonds. The molecule has 3 aromatic rings. The maximum absolute atomic E-state index is 13.3. The summed E-state index contributed by atoms with van der Waals surface area (Å²) in [6, 6.07) is 10.9. The molecular weight excluding hydrogens is 470 g/mol. The maximum atomic E-state index is 13.3. The van der Waals surface area contributed by atoms with Crippen LogP contribution in [0.4, 0.5) is 5.13 Å². The van der Waals surface area contributed by atoms with Gasteiger partial charge in [0.2, 0.25) is 11.9 Å². The Bertz CT molecular complexity index is 1150. The molecule has 1 fully saturated rings. The van der Waals surface area contributed by atoms with Crippen LogP contribution in [0.25, 0.3) is 0 Å². The van der Waals surface area contributed by atoms with Crippen molar-refractivity contribution in [2.45, 2.75) is 25.4 Å². The summed E-state index contributed by atoms with van der Waals surface area (Å²) in [5.41, 5.74) is 1.10. The summed E-state index contributed by atoms with van der Waals surface area (Å²) in [5.74, 6) is 0.727. The predicted molar refractivity (Wildman–Crippen MR) is 133 cm³/mol. The molecular formula is C25H27N3O4S2. The van der Waals surface area contributed by atoms with Crippen LogP contribution in [-0.2, 0) is 0 Å². The van der Waals surface area contributed by atoms with Gasteiger partial charge in [0.15, 0.2) is 5.13 Å². The molecule has 0 bridgehead atoms. The second kappa shape index (κ2) is 10.4. The number of carbonyl (C=O) groups excluding carboxylic acids is 2. The first-order valence-electron chi connectivity index (χ1n) is 11.6. The highest BCUT2D eigenvalue weighted by atomic mass is 32.1. The van der Waals surface area contributed by atoms with E-state index in [4.69, 9.17) is 4.74 Å². The third kappa shape index (κ3) is 4.79. The molecule has 9 heteroatoms. The fourth-order valence-electron chi connectivity index (χ4n) is 4.58. The van der Waals surface area contributed by atoms with E-state index in [-0.39, 0.29) is 18.3 Å². The molecule has 0 radical (unpaired) electrons. The van der Waals surface area contributed by atoms with Crippen LogP contribution in [0.2, 0.25) is 0 Å². The number of aliphatic hydroxyl groups is 1. The van der Waals surface area contributed by atoms with Crippen molar-refractivity contribution < 1.29 is 19.4 Å². The third-order valence-electron chi connectivity index (χ3n) is 6.34. The average Bonchev–Trinajstić information content (AvgIpc) is 3.63. The second-order valence-corrected chi connectivity index (χ2v) is 10.5. The topological polar surface area (TPSA) is 83.0 Å². The van der Waals surface area contributed by atoms with Crippen molar-refractivity contribution in [1.82, 2.24) is 9.88 Å². The summed E-state index contributed by atoms with van der Waals surface area (Å²) in [7, 11) is 0. The first-order valence-corrected chi connectivity index (χ1v) is 13.3. The van der Waals surface area contributed by atoms with Crippen LogP contribution >= 0.6 is 22.7 Å². The Labute approximate surface area is 206 Å². The predicted octanol–water partition coefficient (Wildman–Crippen LogP) is 4.26. The number of thiophene rings is 1. The summed E-state index contributed by atoms with van der Waals surface area (Å²) >= 11 is 2.77. The lowest BCUT2D eigenvalue weighted by atomic mass is 9.99. The van der Waals surface area contributed by atoms with Crippen LogP contribution < -0.4 is 9.64 Å². The van der Waals surface area contributed by atoms with E-state index in [1.165, 1.54) is 22.7 Å². The molecule has 0 saturated carbocycles. The fourth-order valence-corrected chi connectivity index (χ4v) is 6.12. The Morgan fingerprint density at radius 1 is 1.24 bits per heavy atom. The summed E-state index contributed by atoms with van der Waals surface area (Å²) < 4.78 is 5.88. The quantitative estimate of drug-likeness (QED) is 0.501. The van der Waals surface area contributed by atoms with Gasteiger partial charge < -0.3 is 14.7 Å². The van der Waals surface area contributed by atoms with Gasteiger partial charge in [-0.25, -0.2) is 4.98 Å². The molecule has 7 nitrogen and oxygen atoms in total. The van der Waals surface area contributed by atoms with Crippen LogP contribution in [0, 0.1) is 5.92 Å². The van der Waals surface area contributed by atoms with Crippen molar-refractivity contribution in [2.24, 2.45) is 5.92 Å². The number of benzene rings is 1. The van der Waals surface area contributed by atoms with Crippen molar-refractivity contribution in [2.75, 3.05) is 37.7 Å². The number of thiazole rings is 1. The monoisotopic (exact) mass is 497 g/mol. The van der Waals surface area contributed by atoms with Crippen molar-refractivity contribution in [3.8, 4) is 5.75 Å². The van der Waals surface area contributed by atoms with Crippen molar-refractivity contribution in [3.63, 3.8) is 0 Å². The summed E-state index contributed by atoms with van der Waals surface area (Å²) in [4.78, 5) is 35.6. The number of Topliss-reactive ketones (excluding diaryl/α,β-unsaturated/α-hetero) is 1. The molecule has 0 aliphatic carbocycles. The van der Waals surface area contributed by atoms with Crippen LogP contribution in [0.15, 0.2) is 47.2 Å². The number of likely N-dealkylation sites (tertiary alicyclic amines) is 1. The second-order valence-electron chi connectivity index (χ2n) is 8.69. The Morgan fingerprint density at radius 3 is 2.91 bits per heavy atom. The zero-order valence-corrected chi connectivity index (χ0v) is 20.4. The lowest BCUT2D eigenvalue weighted by Gasteiger charge is -2.32. The number of para-hydroxylation sites is 1. The van der Waals surface area contributed by atoms with Gasteiger partial charge in [0, 0.05) is 25.1 Å². The minimum atomic E-state index is -0.773. The summed E-state index contributed by atoms with van der Waals surface area (Å²) in [5, 5.41) is 13.8. The maximum Gasteiger partial charge on any atom is 0.270 e. The molecule has 0 spiro atoms. The normalized spacial score (nSPS) is 20.2. The first-order chi connectivity index (χ1) is 16.6. The van der Waals surface area contributed by atoms with Gasteiger partial charge in [0.1, 0.15) is 11.4 Å². The molecule has 1 aromatic carbocycles. The minimum Gasteiger partial charge on any atom is -0.475 e. The summed E-state index contributed by atoms with van der Waals surface area (Å²) in [6.07, 6.45) is 2.19. The lowest BCUT2D eigenvalue weighted by molar-refractivity contribution is 0.0854. The molecule has 2 atom stereocenters. The molecule has 34 heavy (non-hydrogen) atoms. The van der Waals surface area contributed by atoms with E-state index in [1.807, 2.05) is 35.0 Å². The molecule has 1 saturated heterocycles. The van der Waals surface area contributed by atoms with Gasteiger partial charge in [-0.2, -0.15) is 0 Å². The summed E-state index contributed by atoms with van der Waals surface area (Å²) in [6.45, 7) is 3.55. The highest BCUT2D eigenvalue weighted by molar-refractivity contribution is 7.14. The molecule has 2 aromatic heterocycles. The largest absolute Gasteiger partial charge is 0.475 e. The number of hydrogen-bond acceptors (Lipinski definition) is 8. The number of hydrogen-bond donors (Lipinski definition) is 1. The van der Waals surface area contributed by atoms with Gasteiger partial charge in [-0.05, 0) is 61.8 Å². The first kappa shape index (κ1) is 23.2. The van der Waals surface area contributed by atoms with Gasteiger partial charge >= 0.3 is 0 Å². The molecule has 2 unspecified atom stereocenters. The van der Waals surface area contributed by atoms with E-state index >= 15 is 0 Å². The van der Waals surface area contributed by atoms with E-state index in [2.05, 4.69) is 9.88 Å². The van der Waals surface area contributed by atoms with Crippen LogP contribution in [0.5, 0.6) is 5.75 Å². The average molecular weight is 498 g/mol. The zero-order valence-electron chi connectivity index (χ0n) is 18.8. The van der Waals surface area contributed by atoms with Gasteiger partial charge in [0.05, 0.1) is 10.4 Å². The van der Waals surface area contributed by atoms with E-state index in [1.54, 1.807) is 17.0 Å². The van der Waals surface area contributed by atoms with Gasteiger partial charge in [-0.1, -0.05) is 18.2 Å². The number of carbonyl (C=O) groups is 2. The van der Waals surface area contributed by atoms with E-state index < -0.39 is 6.10 Å². The molecule has 5 rings (SSSR count). The number of amides is 1. The number of rotatable bonds is 8. The smallest absolute Gasteiger partial charge is 0.270 e. The van der Waals surface area contributed by atoms with Gasteiger partial charge in [-0.15, -0.1) is 22.7 Å². The Balaban J connectivity index is 1.31. The van der Waals surface area contributed by atoms with Crippen LogP contribution in [0.1, 0.15) is 51.1 Å². The highest BCUT2D eigenvalue weighted by Gasteiger charge is 2.36. The highest BCUT2D eigenvalue weighted by Crippen LogP contribution is 2.38. The number of ketones is 1. The van der Waals surface area contributed by atoms with Gasteiger partial charge in [0.25, 0.3) is 5.91 Å². The van der Waals surface area contributed by atoms with Crippen molar-refractivity contribution in [3.05, 3.63) is 63.3 Å². The molecule has 2 aliphatic rings. The standard InChI is InChI=1S/C25H27N3O4S2/c29-15-17-6-3-10-27(14-17)11-5-12-28(24(31)21-9-4-13-33-21)25-26-19(16-34-25)23-22(30)18-7-1-2-8-20(18)32-23/h1-2,4,7-9,13,16-17,23,29H,3,5-6,10-12,14-15H2. The van der Waals surface area contributed by atoms with E-state index in [9.17, 15) is 14.7 Å². The number of aromatic nitrogens is 1. The number of ether oxygens (including phenoxy) is 1. The fraction of sp³-hybridized carbons (Fsp3) is 0.400. The van der Waals surface area contributed by atoms with E-state index in [0.29, 0.717) is 39.5 Å². The molecule has 4 heterocycles. The van der Waals surface area contributed by atoms with Gasteiger partial charge in [-0.3, -0.25) is 14.5 Å². The number of fused-ring (bicyclic) bond motifs is 1. The third-order valence-corrected chi connectivity index (χ3v) is 8.08. The molecule has 178 valence electrons.